The summed E-state index contributed by atoms with van der Waals surface area (Å²) in [6.07, 6.45) is 7.76. The SMILES string of the molecule is COCOc1ccccc1C1CCC1.Oc1ccccc1C1CCC1. The standard InChI is InChI=1S/C12H16O2.C10H12O/c1-13-9-14-12-8-3-2-7-11(12)10-5-4-6-10;11-10-7-2-1-6-9(10)8-4-3-5-8/h2-3,7-8,10H,4-6,9H2,1H3;1-2,6-8,11H,3-5H2. The van der Waals surface area contributed by atoms with E-state index in [2.05, 4.69) is 12.1 Å². The van der Waals surface area contributed by atoms with Gasteiger partial charge in [-0.1, -0.05) is 49.2 Å². The Hall–Kier alpha value is -2.00. The first kappa shape index (κ1) is 17.8. The maximum Gasteiger partial charge on any atom is 0.188 e. The molecule has 3 nitrogen and oxygen atoms in total. The third-order valence-corrected chi connectivity index (χ3v) is 5.28. The fraction of sp³-hybridized carbons (Fsp3) is 0.455. The van der Waals surface area contributed by atoms with Gasteiger partial charge in [-0.3, -0.25) is 0 Å². The fourth-order valence-electron chi connectivity index (χ4n) is 3.34. The summed E-state index contributed by atoms with van der Waals surface area (Å²) in [6, 6.07) is 15.9. The molecular formula is C22H28O3. The molecule has 0 radical (unpaired) electrons. The minimum Gasteiger partial charge on any atom is -0.508 e. The molecule has 25 heavy (non-hydrogen) atoms. The van der Waals surface area contributed by atoms with Crippen LogP contribution in [0.2, 0.25) is 0 Å². The third kappa shape index (κ3) is 4.55. The van der Waals surface area contributed by atoms with Crippen molar-refractivity contribution in [2.75, 3.05) is 13.9 Å². The fourth-order valence-corrected chi connectivity index (χ4v) is 3.34. The van der Waals surface area contributed by atoms with Gasteiger partial charge in [0, 0.05) is 7.11 Å². The Morgan fingerprint density at radius 1 is 0.840 bits per heavy atom. The van der Waals surface area contributed by atoms with Crippen molar-refractivity contribution in [1.82, 2.24) is 0 Å². The molecule has 2 aromatic rings. The summed E-state index contributed by atoms with van der Waals surface area (Å²) >= 11 is 0. The van der Waals surface area contributed by atoms with Crippen molar-refractivity contribution in [1.29, 1.82) is 0 Å². The number of ether oxygens (including phenoxy) is 2. The van der Waals surface area contributed by atoms with Gasteiger partial charge in [0.05, 0.1) is 0 Å². The molecule has 0 aromatic heterocycles. The van der Waals surface area contributed by atoms with Gasteiger partial charge in [-0.2, -0.15) is 0 Å². The number of benzene rings is 2. The van der Waals surface area contributed by atoms with Crippen LogP contribution in [0, 0.1) is 0 Å². The van der Waals surface area contributed by atoms with Crippen molar-refractivity contribution in [3.8, 4) is 11.5 Å². The predicted molar refractivity (Wildman–Crippen MR) is 100 cm³/mol. The second-order valence-corrected chi connectivity index (χ2v) is 6.90. The number of methoxy groups -OCH3 is 1. The Kier molecular flexibility index (Phi) is 6.35. The van der Waals surface area contributed by atoms with Gasteiger partial charge in [0.1, 0.15) is 11.5 Å². The molecule has 3 heteroatoms. The summed E-state index contributed by atoms with van der Waals surface area (Å²) in [7, 11) is 1.64. The van der Waals surface area contributed by atoms with Crippen molar-refractivity contribution in [3.05, 3.63) is 59.7 Å². The molecule has 2 aromatic carbocycles. The van der Waals surface area contributed by atoms with Crippen LogP contribution in [0.4, 0.5) is 0 Å². The highest BCUT2D eigenvalue weighted by atomic mass is 16.7. The van der Waals surface area contributed by atoms with E-state index < -0.39 is 0 Å². The Morgan fingerprint density at radius 2 is 1.40 bits per heavy atom. The first-order valence-electron chi connectivity index (χ1n) is 9.28. The highest BCUT2D eigenvalue weighted by Gasteiger charge is 2.22. The Balaban J connectivity index is 0.000000150. The molecule has 0 unspecified atom stereocenters. The van der Waals surface area contributed by atoms with Crippen LogP contribution in [0.25, 0.3) is 0 Å². The molecule has 2 aliphatic rings. The topological polar surface area (TPSA) is 38.7 Å². The zero-order valence-corrected chi connectivity index (χ0v) is 15.0. The minimum absolute atomic E-state index is 0.337. The maximum atomic E-state index is 9.45. The molecular weight excluding hydrogens is 312 g/mol. The van der Waals surface area contributed by atoms with E-state index in [-0.39, 0.29) is 0 Å². The van der Waals surface area contributed by atoms with Gasteiger partial charge in [0.25, 0.3) is 0 Å². The van der Waals surface area contributed by atoms with E-state index in [1.807, 2.05) is 30.3 Å². The smallest absolute Gasteiger partial charge is 0.188 e. The van der Waals surface area contributed by atoms with E-state index in [0.29, 0.717) is 24.4 Å². The molecule has 2 fully saturated rings. The molecule has 2 saturated carbocycles. The second kappa shape index (κ2) is 8.91. The van der Waals surface area contributed by atoms with E-state index in [0.717, 1.165) is 11.3 Å². The first-order valence-corrected chi connectivity index (χ1v) is 9.28. The van der Waals surface area contributed by atoms with Crippen LogP contribution in [-0.2, 0) is 4.74 Å². The highest BCUT2D eigenvalue weighted by molar-refractivity contribution is 5.37. The number of para-hydroxylation sites is 2. The summed E-state index contributed by atoms with van der Waals surface area (Å²) in [5, 5.41) is 9.45. The van der Waals surface area contributed by atoms with Crippen LogP contribution in [-0.4, -0.2) is 19.0 Å². The molecule has 134 valence electrons. The van der Waals surface area contributed by atoms with Crippen LogP contribution < -0.4 is 4.74 Å². The number of phenols is 1. The Labute approximate surface area is 150 Å². The van der Waals surface area contributed by atoms with Crippen LogP contribution in [0.15, 0.2) is 48.5 Å². The normalized spacial score (nSPS) is 17.0. The Morgan fingerprint density at radius 3 is 1.96 bits per heavy atom. The average molecular weight is 340 g/mol. The van der Waals surface area contributed by atoms with Crippen molar-refractivity contribution >= 4 is 0 Å². The van der Waals surface area contributed by atoms with Gasteiger partial charge < -0.3 is 14.6 Å². The molecule has 0 heterocycles. The highest BCUT2D eigenvalue weighted by Crippen LogP contribution is 2.41. The molecule has 0 atom stereocenters. The van der Waals surface area contributed by atoms with Gasteiger partial charge >= 0.3 is 0 Å². The van der Waals surface area contributed by atoms with E-state index >= 15 is 0 Å². The zero-order valence-electron chi connectivity index (χ0n) is 15.0. The van der Waals surface area contributed by atoms with Gasteiger partial charge in [-0.05, 0) is 60.8 Å². The second-order valence-electron chi connectivity index (χ2n) is 6.90. The monoisotopic (exact) mass is 340 g/mol. The number of phenolic OH excluding ortho intramolecular Hbond substituents is 1. The molecule has 0 bridgehead atoms. The van der Waals surface area contributed by atoms with Crippen molar-refractivity contribution < 1.29 is 14.6 Å². The lowest BCUT2D eigenvalue weighted by Gasteiger charge is -2.27. The van der Waals surface area contributed by atoms with Gasteiger partial charge in [0.15, 0.2) is 6.79 Å². The number of aromatic hydroxyl groups is 1. The quantitative estimate of drug-likeness (QED) is 0.720. The molecule has 0 amide bonds. The first-order chi connectivity index (χ1) is 12.3. The van der Waals surface area contributed by atoms with Crippen LogP contribution in [0.1, 0.15) is 61.5 Å². The summed E-state index contributed by atoms with van der Waals surface area (Å²) in [5.41, 5.74) is 2.48. The van der Waals surface area contributed by atoms with Gasteiger partial charge in [0.2, 0.25) is 0 Å². The van der Waals surface area contributed by atoms with Crippen molar-refractivity contribution in [2.24, 2.45) is 0 Å². The van der Waals surface area contributed by atoms with Crippen LogP contribution >= 0.6 is 0 Å². The Bertz CT molecular complexity index is 660. The molecule has 1 N–H and O–H groups in total. The largest absolute Gasteiger partial charge is 0.508 e. The van der Waals surface area contributed by atoms with Crippen LogP contribution in [0.3, 0.4) is 0 Å². The summed E-state index contributed by atoms with van der Waals surface area (Å²) in [6.45, 7) is 0.337. The number of rotatable bonds is 5. The molecule has 0 aliphatic heterocycles. The summed E-state index contributed by atoms with van der Waals surface area (Å²) in [4.78, 5) is 0. The molecule has 2 aliphatic carbocycles. The van der Waals surface area contributed by atoms with E-state index in [9.17, 15) is 5.11 Å². The third-order valence-electron chi connectivity index (χ3n) is 5.28. The lowest BCUT2D eigenvalue weighted by atomic mass is 9.80. The summed E-state index contributed by atoms with van der Waals surface area (Å²) in [5.74, 6) is 2.80. The minimum atomic E-state index is 0.337. The summed E-state index contributed by atoms with van der Waals surface area (Å²) < 4.78 is 10.4. The lowest BCUT2D eigenvalue weighted by Crippen LogP contribution is -2.11. The number of hydrogen-bond donors (Lipinski definition) is 1. The van der Waals surface area contributed by atoms with E-state index in [1.165, 1.54) is 44.1 Å². The average Bonchev–Trinajstić information content (AvgIpc) is 2.54. The number of hydrogen-bond acceptors (Lipinski definition) is 3. The molecule has 0 saturated heterocycles. The van der Waals surface area contributed by atoms with Crippen LogP contribution in [0.5, 0.6) is 11.5 Å². The molecule has 4 rings (SSSR count). The maximum absolute atomic E-state index is 9.45. The van der Waals surface area contributed by atoms with E-state index in [4.69, 9.17) is 9.47 Å². The zero-order chi connectivity index (χ0) is 17.5. The van der Waals surface area contributed by atoms with Crippen molar-refractivity contribution in [3.63, 3.8) is 0 Å². The van der Waals surface area contributed by atoms with E-state index in [1.54, 1.807) is 13.2 Å². The van der Waals surface area contributed by atoms with Crippen molar-refractivity contribution in [2.45, 2.75) is 50.4 Å². The van der Waals surface area contributed by atoms with Gasteiger partial charge in [-0.15, -0.1) is 0 Å². The predicted octanol–water partition coefficient (Wildman–Crippen LogP) is 5.60. The van der Waals surface area contributed by atoms with Gasteiger partial charge in [-0.25, -0.2) is 0 Å². The lowest BCUT2D eigenvalue weighted by molar-refractivity contribution is 0.0498. The molecule has 0 spiro atoms.